The van der Waals surface area contributed by atoms with Gasteiger partial charge in [0.25, 0.3) is 0 Å². The third kappa shape index (κ3) is 3.23. The van der Waals surface area contributed by atoms with E-state index in [1.54, 1.807) is 0 Å². The summed E-state index contributed by atoms with van der Waals surface area (Å²) in [5.74, 6) is 1.58. The van der Waals surface area contributed by atoms with E-state index in [0.29, 0.717) is 11.7 Å². The zero-order chi connectivity index (χ0) is 13.8. The minimum absolute atomic E-state index is 0.518. The molecule has 0 aliphatic rings. The number of rotatable bonds is 5. The van der Waals surface area contributed by atoms with E-state index < -0.39 is 0 Å². The van der Waals surface area contributed by atoms with Crippen LogP contribution in [-0.2, 0) is 13.0 Å². The largest absolute Gasteiger partial charge is 0.365 e. The van der Waals surface area contributed by atoms with Crippen LogP contribution in [0.5, 0.6) is 0 Å². The fourth-order valence-electron chi connectivity index (χ4n) is 1.77. The summed E-state index contributed by atoms with van der Waals surface area (Å²) in [6.45, 7) is 6.68. The highest BCUT2D eigenvalue weighted by atomic mass is 35.5. The second-order valence-electron chi connectivity index (χ2n) is 4.53. The lowest BCUT2D eigenvalue weighted by Crippen LogP contribution is -2.07. The van der Waals surface area contributed by atoms with E-state index >= 15 is 0 Å². The summed E-state index contributed by atoms with van der Waals surface area (Å²) >= 11 is 6.14. The normalized spacial score (nSPS) is 10.7. The van der Waals surface area contributed by atoms with Crippen LogP contribution < -0.4 is 5.32 Å². The molecule has 6 heteroatoms. The number of aromatic nitrogens is 4. The molecule has 2 aromatic heterocycles. The van der Waals surface area contributed by atoms with Crippen LogP contribution in [0.4, 0.5) is 5.82 Å². The van der Waals surface area contributed by atoms with Crippen molar-refractivity contribution in [2.75, 3.05) is 5.32 Å². The molecule has 0 unspecified atom stereocenters. The first-order valence-corrected chi connectivity index (χ1v) is 6.75. The van der Waals surface area contributed by atoms with E-state index in [1.165, 1.54) is 0 Å². The number of aryl methyl sites for hydroxylation is 2. The molecule has 0 atom stereocenters. The van der Waals surface area contributed by atoms with Crippen molar-refractivity contribution in [3.05, 3.63) is 34.0 Å². The quantitative estimate of drug-likeness (QED) is 0.826. The molecule has 0 aliphatic carbocycles. The van der Waals surface area contributed by atoms with Gasteiger partial charge in [-0.1, -0.05) is 18.5 Å². The Morgan fingerprint density at radius 2 is 2.11 bits per heavy atom. The maximum atomic E-state index is 6.14. The summed E-state index contributed by atoms with van der Waals surface area (Å²) < 4.78 is 0. The highest BCUT2D eigenvalue weighted by Crippen LogP contribution is 2.21. The Bertz CT molecular complexity index is 564. The molecule has 0 fully saturated rings. The second-order valence-corrected chi connectivity index (χ2v) is 4.89. The molecule has 19 heavy (non-hydrogen) atoms. The molecule has 2 aromatic rings. The number of nitrogens with one attached hydrogen (secondary N) is 2. The third-order valence-corrected chi connectivity index (χ3v) is 3.35. The summed E-state index contributed by atoms with van der Waals surface area (Å²) in [6.07, 6.45) is 3.65. The van der Waals surface area contributed by atoms with Crippen molar-refractivity contribution in [1.29, 1.82) is 0 Å². The fourth-order valence-corrected chi connectivity index (χ4v) is 1.96. The van der Waals surface area contributed by atoms with E-state index in [1.807, 2.05) is 20.0 Å². The SMILES string of the molecule is CCCc1nc(Cl)c(C)c(NCc2cn[nH]c2C)n1. The van der Waals surface area contributed by atoms with Gasteiger partial charge in [0.05, 0.1) is 6.20 Å². The summed E-state index contributed by atoms with van der Waals surface area (Å²) in [4.78, 5) is 8.80. The molecular weight excluding hydrogens is 262 g/mol. The first-order chi connectivity index (χ1) is 9.11. The molecule has 0 amide bonds. The van der Waals surface area contributed by atoms with Crippen LogP contribution in [0.3, 0.4) is 0 Å². The number of hydrogen-bond acceptors (Lipinski definition) is 4. The molecule has 2 heterocycles. The van der Waals surface area contributed by atoms with Gasteiger partial charge < -0.3 is 5.32 Å². The first kappa shape index (κ1) is 13.8. The summed E-state index contributed by atoms with van der Waals surface area (Å²) in [7, 11) is 0. The van der Waals surface area contributed by atoms with E-state index in [0.717, 1.165) is 41.3 Å². The Kier molecular flexibility index (Phi) is 4.37. The van der Waals surface area contributed by atoms with Crippen molar-refractivity contribution in [3.63, 3.8) is 0 Å². The summed E-state index contributed by atoms with van der Waals surface area (Å²) in [6, 6.07) is 0. The minimum Gasteiger partial charge on any atom is -0.365 e. The molecule has 102 valence electrons. The average Bonchev–Trinajstić information content (AvgIpc) is 2.78. The van der Waals surface area contributed by atoms with Crippen molar-refractivity contribution in [3.8, 4) is 0 Å². The van der Waals surface area contributed by atoms with Gasteiger partial charge in [-0.3, -0.25) is 5.10 Å². The number of H-pyrrole nitrogens is 1. The monoisotopic (exact) mass is 279 g/mol. The standard InChI is InChI=1S/C13H18ClN5/c1-4-5-11-17-12(14)8(2)13(18-11)15-6-10-7-16-19-9(10)3/h7H,4-6H2,1-3H3,(H,16,19)(H,15,17,18). The second kappa shape index (κ2) is 6.02. The highest BCUT2D eigenvalue weighted by Gasteiger charge is 2.09. The van der Waals surface area contributed by atoms with Crippen molar-refractivity contribution in [2.45, 2.75) is 40.2 Å². The van der Waals surface area contributed by atoms with Crippen molar-refractivity contribution >= 4 is 17.4 Å². The van der Waals surface area contributed by atoms with Crippen molar-refractivity contribution in [2.24, 2.45) is 0 Å². The maximum absolute atomic E-state index is 6.14. The van der Waals surface area contributed by atoms with Gasteiger partial charge in [-0.15, -0.1) is 0 Å². The Morgan fingerprint density at radius 3 is 2.74 bits per heavy atom. The van der Waals surface area contributed by atoms with Gasteiger partial charge in [0.2, 0.25) is 0 Å². The Balaban J connectivity index is 2.17. The number of halogens is 1. The fraction of sp³-hybridized carbons (Fsp3) is 0.462. The number of hydrogen-bond donors (Lipinski definition) is 2. The summed E-state index contributed by atoms with van der Waals surface area (Å²) in [5.41, 5.74) is 3.05. The molecule has 2 N–H and O–H groups in total. The van der Waals surface area contributed by atoms with Crippen LogP contribution in [0.2, 0.25) is 5.15 Å². The van der Waals surface area contributed by atoms with Crippen LogP contribution in [0.15, 0.2) is 6.20 Å². The number of aromatic amines is 1. The smallest absolute Gasteiger partial charge is 0.137 e. The summed E-state index contributed by atoms with van der Waals surface area (Å²) in [5, 5.41) is 10.7. The molecule has 0 saturated carbocycles. The average molecular weight is 280 g/mol. The predicted octanol–water partition coefficient (Wildman–Crippen LogP) is 3.03. The molecule has 0 aliphatic heterocycles. The highest BCUT2D eigenvalue weighted by molar-refractivity contribution is 6.30. The van der Waals surface area contributed by atoms with Gasteiger partial charge >= 0.3 is 0 Å². The molecule has 0 aromatic carbocycles. The van der Waals surface area contributed by atoms with Gasteiger partial charge in [-0.25, -0.2) is 9.97 Å². The van der Waals surface area contributed by atoms with Crippen molar-refractivity contribution in [1.82, 2.24) is 20.2 Å². The van der Waals surface area contributed by atoms with E-state index in [4.69, 9.17) is 11.6 Å². The Hall–Kier alpha value is -1.62. The minimum atomic E-state index is 0.518. The predicted molar refractivity (Wildman–Crippen MR) is 76.4 cm³/mol. The molecule has 0 radical (unpaired) electrons. The van der Waals surface area contributed by atoms with Crippen LogP contribution in [-0.4, -0.2) is 20.2 Å². The number of nitrogens with zero attached hydrogens (tertiary/aromatic N) is 3. The van der Waals surface area contributed by atoms with Gasteiger partial charge in [0.15, 0.2) is 0 Å². The Morgan fingerprint density at radius 1 is 1.32 bits per heavy atom. The lowest BCUT2D eigenvalue weighted by molar-refractivity contribution is 0.830. The van der Waals surface area contributed by atoms with Crippen LogP contribution in [0.1, 0.15) is 36.0 Å². The molecule has 0 saturated heterocycles. The maximum Gasteiger partial charge on any atom is 0.137 e. The zero-order valence-corrected chi connectivity index (χ0v) is 12.2. The first-order valence-electron chi connectivity index (χ1n) is 6.37. The molecule has 0 bridgehead atoms. The van der Waals surface area contributed by atoms with Crippen LogP contribution in [0.25, 0.3) is 0 Å². The van der Waals surface area contributed by atoms with E-state index in [2.05, 4.69) is 32.4 Å². The van der Waals surface area contributed by atoms with E-state index in [-0.39, 0.29) is 0 Å². The molecule has 0 spiro atoms. The van der Waals surface area contributed by atoms with Gasteiger partial charge in [-0.2, -0.15) is 5.10 Å². The van der Waals surface area contributed by atoms with Gasteiger partial charge in [-0.05, 0) is 20.3 Å². The van der Waals surface area contributed by atoms with Crippen LogP contribution in [0, 0.1) is 13.8 Å². The van der Waals surface area contributed by atoms with Crippen LogP contribution >= 0.6 is 11.6 Å². The van der Waals surface area contributed by atoms with E-state index in [9.17, 15) is 0 Å². The zero-order valence-electron chi connectivity index (χ0n) is 11.4. The number of anilines is 1. The Labute approximate surface area is 117 Å². The molecular formula is C13H18ClN5. The molecule has 5 nitrogen and oxygen atoms in total. The van der Waals surface area contributed by atoms with Gasteiger partial charge in [0, 0.05) is 29.8 Å². The lowest BCUT2D eigenvalue weighted by atomic mass is 10.2. The van der Waals surface area contributed by atoms with Crippen molar-refractivity contribution < 1.29 is 0 Å². The third-order valence-electron chi connectivity index (χ3n) is 2.99. The lowest BCUT2D eigenvalue weighted by Gasteiger charge is -2.11. The topological polar surface area (TPSA) is 66.5 Å². The molecule has 2 rings (SSSR count). The van der Waals surface area contributed by atoms with Gasteiger partial charge in [0.1, 0.15) is 16.8 Å².